The van der Waals surface area contributed by atoms with Crippen molar-refractivity contribution in [3.8, 4) is 11.1 Å². The molecular formula is C29H34N2O4. The Kier molecular flexibility index (Phi) is 6.74. The van der Waals surface area contributed by atoms with Gasteiger partial charge in [-0.05, 0) is 55.2 Å². The van der Waals surface area contributed by atoms with Crippen molar-refractivity contribution in [2.24, 2.45) is 0 Å². The first-order valence-electron chi connectivity index (χ1n) is 12.8. The van der Waals surface area contributed by atoms with Crippen LogP contribution in [0.4, 0.5) is 0 Å². The Bertz CT molecular complexity index is 1080. The molecule has 0 radical (unpaired) electrons. The number of ether oxygens (including phenoxy) is 1. The monoisotopic (exact) mass is 474 g/mol. The van der Waals surface area contributed by atoms with Gasteiger partial charge in [-0.1, -0.05) is 54.6 Å². The van der Waals surface area contributed by atoms with Crippen LogP contribution < -0.4 is 0 Å². The molecule has 6 heteroatoms. The molecule has 2 saturated heterocycles. The predicted octanol–water partition coefficient (Wildman–Crippen LogP) is 4.32. The fraction of sp³-hybridized carbons (Fsp3) is 0.483. The number of hydrogen-bond donors (Lipinski definition) is 0. The van der Waals surface area contributed by atoms with Crippen molar-refractivity contribution in [2.75, 3.05) is 20.3 Å². The van der Waals surface area contributed by atoms with Gasteiger partial charge < -0.3 is 9.64 Å². The van der Waals surface area contributed by atoms with E-state index in [2.05, 4.69) is 0 Å². The number of amides is 3. The van der Waals surface area contributed by atoms with E-state index in [1.54, 1.807) is 7.11 Å². The molecule has 0 N–H and O–H groups in total. The Morgan fingerprint density at radius 2 is 1.69 bits per heavy atom. The lowest BCUT2D eigenvalue weighted by molar-refractivity contribution is -0.144. The molecule has 1 aliphatic carbocycles. The van der Waals surface area contributed by atoms with Crippen LogP contribution in [0.5, 0.6) is 0 Å². The molecule has 5 rings (SSSR count). The first-order valence-corrected chi connectivity index (χ1v) is 12.8. The molecule has 0 spiro atoms. The van der Waals surface area contributed by atoms with E-state index in [0.717, 1.165) is 55.2 Å². The molecule has 3 aliphatic rings. The summed E-state index contributed by atoms with van der Waals surface area (Å²) in [6.45, 7) is 1.30. The van der Waals surface area contributed by atoms with Gasteiger partial charge in [-0.3, -0.25) is 19.3 Å². The van der Waals surface area contributed by atoms with Crippen LogP contribution in [0.25, 0.3) is 11.1 Å². The summed E-state index contributed by atoms with van der Waals surface area (Å²) in [5, 5.41) is 0. The number of benzene rings is 2. The molecule has 35 heavy (non-hydrogen) atoms. The summed E-state index contributed by atoms with van der Waals surface area (Å²) in [4.78, 5) is 44.1. The molecule has 0 aromatic heterocycles. The van der Waals surface area contributed by atoms with Gasteiger partial charge in [0.05, 0.1) is 5.41 Å². The van der Waals surface area contributed by atoms with Crippen molar-refractivity contribution >= 4 is 17.7 Å². The topological polar surface area (TPSA) is 66.9 Å². The van der Waals surface area contributed by atoms with E-state index in [4.69, 9.17) is 4.74 Å². The van der Waals surface area contributed by atoms with Crippen molar-refractivity contribution in [2.45, 2.75) is 68.9 Å². The van der Waals surface area contributed by atoms with Gasteiger partial charge in [0.2, 0.25) is 17.7 Å². The average Bonchev–Trinajstić information content (AvgIpc) is 3.69. The van der Waals surface area contributed by atoms with Crippen molar-refractivity contribution in [3.05, 3.63) is 60.2 Å². The maximum Gasteiger partial charge on any atom is 0.241 e. The lowest BCUT2D eigenvalue weighted by Crippen LogP contribution is -2.48. The van der Waals surface area contributed by atoms with Gasteiger partial charge >= 0.3 is 0 Å². The summed E-state index contributed by atoms with van der Waals surface area (Å²) >= 11 is 0. The van der Waals surface area contributed by atoms with E-state index < -0.39 is 5.41 Å². The van der Waals surface area contributed by atoms with Gasteiger partial charge in [0.25, 0.3) is 0 Å². The zero-order valence-corrected chi connectivity index (χ0v) is 20.4. The summed E-state index contributed by atoms with van der Waals surface area (Å²) in [5.41, 5.74) is 1.77. The Balaban J connectivity index is 1.46. The van der Waals surface area contributed by atoms with Gasteiger partial charge in [0, 0.05) is 45.2 Å². The number of imide groups is 1. The van der Waals surface area contributed by atoms with Gasteiger partial charge in [0.1, 0.15) is 0 Å². The fourth-order valence-corrected chi connectivity index (χ4v) is 5.79. The zero-order valence-electron chi connectivity index (χ0n) is 20.4. The molecule has 2 aromatic rings. The number of hydrogen-bond acceptors (Lipinski definition) is 4. The second-order valence-corrected chi connectivity index (χ2v) is 10.2. The van der Waals surface area contributed by atoms with Crippen LogP contribution in [0.3, 0.4) is 0 Å². The van der Waals surface area contributed by atoms with E-state index in [-0.39, 0.29) is 42.6 Å². The van der Waals surface area contributed by atoms with Crippen molar-refractivity contribution in [1.29, 1.82) is 0 Å². The number of likely N-dealkylation sites (tertiary alicyclic amines) is 2. The predicted molar refractivity (Wildman–Crippen MR) is 134 cm³/mol. The molecular weight excluding hydrogens is 440 g/mol. The molecule has 6 nitrogen and oxygen atoms in total. The molecule has 184 valence electrons. The van der Waals surface area contributed by atoms with E-state index in [9.17, 15) is 14.4 Å². The second kappa shape index (κ2) is 9.94. The van der Waals surface area contributed by atoms with Crippen molar-refractivity contribution in [3.63, 3.8) is 0 Å². The summed E-state index contributed by atoms with van der Waals surface area (Å²) in [7, 11) is 1.68. The van der Waals surface area contributed by atoms with Crippen LogP contribution in [-0.4, -0.2) is 59.9 Å². The van der Waals surface area contributed by atoms with Crippen LogP contribution >= 0.6 is 0 Å². The standard InChI is InChI=1S/C29H34N2O4/c1-35-18-16-24-9-5-6-17-30(24)26(32)19-29(20-27(33)31(28(29)34)25-14-15-25)23-12-10-22(11-13-23)21-7-3-2-4-8-21/h2-4,7-8,10-13,24-25H,5-6,9,14-20H2,1H3/t24-,29-/m1/s1. The summed E-state index contributed by atoms with van der Waals surface area (Å²) < 4.78 is 5.28. The van der Waals surface area contributed by atoms with Gasteiger partial charge in [-0.25, -0.2) is 0 Å². The van der Waals surface area contributed by atoms with Gasteiger partial charge in [-0.15, -0.1) is 0 Å². The molecule has 0 unspecified atom stereocenters. The normalized spacial score (nSPS) is 24.8. The van der Waals surface area contributed by atoms with Gasteiger partial charge in [-0.2, -0.15) is 0 Å². The highest BCUT2D eigenvalue weighted by Gasteiger charge is 2.57. The largest absolute Gasteiger partial charge is 0.385 e. The number of piperidine rings is 1. The lowest BCUT2D eigenvalue weighted by atomic mass is 9.75. The number of methoxy groups -OCH3 is 1. The molecule has 2 atom stereocenters. The van der Waals surface area contributed by atoms with Crippen molar-refractivity contribution in [1.82, 2.24) is 9.80 Å². The number of carbonyl (C=O) groups excluding carboxylic acids is 3. The van der Waals surface area contributed by atoms with Gasteiger partial charge in [0.15, 0.2) is 0 Å². The minimum absolute atomic E-state index is 0.00000660. The average molecular weight is 475 g/mol. The maximum absolute atomic E-state index is 13.9. The highest BCUT2D eigenvalue weighted by molar-refractivity contribution is 6.11. The smallest absolute Gasteiger partial charge is 0.241 e. The number of nitrogens with zero attached hydrogens (tertiary/aromatic N) is 2. The molecule has 2 heterocycles. The van der Waals surface area contributed by atoms with E-state index in [0.29, 0.717) is 13.2 Å². The van der Waals surface area contributed by atoms with Crippen LogP contribution in [0.1, 0.15) is 56.9 Å². The highest BCUT2D eigenvalue weighted by Crippen LogP contribution is 2.45. The number of rotatable bonds is 8. The van der Waals surface area contributed by atoms with Crippen LogP contribution in [0.2, 0.25) is 0 Å². The Morgan fingerprint density at radius 3 is 2.37 bits per heavy atom. The minimum Gasteiger partial charge on any atom is -0.385 e. The highest BCUT2D eigenvalue weighted by atomic mass is 16.5. The molecule has 3 amide bonds. The third kappa shape index (κ3) is 4.64. The van der Waals surface area contributed by atoms with Crippen LogP contribution in [0.15, 0.2) is 54.6 Å². The van der Waals surface area contributed by atoms with Crippen LogP contribution in [0, 0.1) is 0 Å². The Morgan fingerprint density at radius 1 is 0.971 bits per heavy atom. The summed E-state index contributed by atoms with van der Waals surface area (Å²) in [5.74, 6) is -0.375. The van der Waals surface area contributed by atoms with Crippen molar-refractivity contribution < 1.29 is 19.1 Å². The van der Waals surface area contributed by atoms with E-state index >= 15 is 0 Å². The lowest BCUT2D eigenvalue weighted by Gasteiger charge is -2.38. The first-order chi connectivity index (χ1) is 17.0. The second-order valence-electron chi connectivity index (χ2n) is 10.2. The SMILES string of the molecule is COCC[C@H]1CCCCN1C(=O)C[C@]1(c2ccc(-c3ccccc3)cc2)CC(=O)N(C2CC2)C1=O. The fourth-order valence-electron chi connectivity index (χ4n) is 5.79. The summed E-state index contributed by atoms with van der Waals surface area (Å²) in [6.07, 6.45) is 5.63. The molecule has 2 aliphatic heterocycles. The molecule has 1 saturated carbocycles. The van der Waals surface area contributed by atoms with E-state index in [1.165, 1.54) is 4.90 Å². The summed E-state index contributed by atoms with van der Waals surface area (Å²) in [6, 6.07) is 18.1. The Labute approximate surface area is 207 Å². The molecule has 3 fully saturated rings. The first kappa shape index (κ1) is 23.7. The van der Waals surface area contributed by atoms with E-state index in [1.807, 2.05) is 59.5 Å². The zero-order chi connectivity index (χ0) is 24.4. The third-order valence-corrected chi connectivity index (χ3v) is 7.86. The molecule has 0 bridgehead atoms. The quantitative estimate of drug-likeness (QED) is 0.535. The minimum atomic E-state index is -1.13. The maximum atomic E-state index is 13.9. The Hall–Kier alpha value is -2.99. The molecule has 2 aromatic carbocycles. The van der Waals surface area contributed by atoms with Crippen LogP contribution in [-0.2, 0) is 24.5 Å². The third-order valence-electron chi connectivity index (χ3n) is 7.86. The number of carbonyl (C=O) groups is 3.